The average Bonchev–Trinajstić information content (AvgIpc) is 3.11. The van der Waals surface area contributed by atoms with E-state index in [2.05, 4.69) is 6.07 Å². The van der Waals surface area contributed by atoms with Crippen molar-refractivity contribution in [2.45, 2.75) is 25.2 Å². The molecule has 2 aromatic carbocycles. The van der Waals surface area contributed by atoms with Gasteiger partial charge in [-0.05, 0) is 57.3 Å². The molecule has 1 heterocycles. The lowest BCUT2D eigenvalue weighted by Gasteiger charge is -2.22. The predicted molar refractivity (Wildman–Crippen MR) is 130 cm³/mol. The number of nitrogens with zero attached hydrogens (tertiary/aromatic N) is 3. The maximum Gasteiger partial charge on any atom is 0.229 e. The van der Waals surface area contributed by atoms with Crippen LogP contribution >= 0.6 is 23.7 Å². The van der Waals surface area contributed by atoms with Crippen LogP contribution in [-0.2, 0) is 14.6 Å². The van der Waals surface area contributed by atoms with E-state index in [-0.39, 0.29) is 35.4 Å². The zero-order valence-electron chi connectivity index (χ0n) is 18.2. The quantitative estimate of drug-likeness (QED) is 0.484. The van der Waals surface area contributed by atoms with Crippen molar-refractivity contribution in [3.8, 4) is 0 Å². The lowest BCUT2D eigenvalue weighted by atomic mass is 10.1. The Morgan fingerprint density at radius 3 is 2.39 bits per heavy atom. The van der Waals surface area contributed by atoms with Crippen LogP contribution in [0.4, 0.5) is 5.13 Å². The Balaban J connectivity index is 0.00000341. The smallest absolute Gasteiger partial charge is 0.229 e. The van der Waals surface area contributed by atoms with Crippen molar-refractivity contribution >= 4 is 54.8 Å². The van der Waals surface area contributed by atoms with Gasteiger partial charge in [0.25, 0.3) is 0 Å². The van der Waals surface area contributed by atoms with Crippen LogP contribution in [0.25, 0.3) is 10.2 Å². The minimum atomic E-state index is -3.51. The van der Waals surface area contributed by atoms with E-state index in [4.69, 9.17) is 4.98 Å². The Morgan fingerprint density at radius 1 is 1.06 bits per heavy atom. The van der Waals surface area contributed by atoms with Crippen molar-refractivity contribution in [1.82, 2.24) is 9.88 Å². The van der Waals surface area contributed by atoms with Gasteiger partial charge in [0, 0.05) is 19.5 Å². The molecule has 0 N–H and O–H groups in total. The van der Waals surface area contributed by atoms with Gasteiger partial charge in [-0.1, -0.05) is 35.6 Å². The maximum atomic E-state index is 13.1. The lowest BCUT2D eigenvalue weighted by Crippen LogP contribution is -2.37. The second-order valence-electron chi connectivity index (χ2n) is 7.66. The molecule has 0 saturated heterocycles. The summed E-state index contributed by atoms with van der Waals surface area (Å²) < 4.78 is 26.2. The Labute approximate surface area is 194 Å². The molecule has 31 heavy (non-hydrogen) atoms. The molecule has 0 aliphatic carbocycles. The Kier molecular flexibility index (Phi) is 8.59. The summed E-state index contributed by atoms with van der Waals surface area (Å²) >= 11 is 1.48. The number of halogens is 1. The molecule has 3 rings (SSSR count). The molecule has 0 saturated carbocycles. The van der Waals surface area contributed by atoms with Crippen LogP contribution in [0.2, 0.25) is 0 Å². The molecule has 168 valence electrons. The zero-order chi connectivity index (χ0) is 21.9. The van der Waals surface area contributed by atoms with Crippen LogP contribution in [-0.4, -0.2) is 57.1 Å². The van der Waals surface area contributed by atoms with Crippen LogP contribution in [0.3, 0.4) is 0 Å². The molecular weight excluding hydrogens is 454 g/mol. The van der Waals surface area contributed by atoms with Gasteiger partial charge in [-0.15, -0.1) is 12.4 Å². The molecule has 0 unspecified atom stereocenters. The second kappa shape index (κ2) is 10.5. The molecule has 1 amide bonds. The van der Waals surface area contributed by atoms with Crippen LogP contribution in [0.1, 0.15) is 17.5 Å². The number of carbonyl (C=O) groups excluding carboxylic acids is 1. The van der Waals surface area contributed by atoms with Gasteiger partial charge in [-0.3, -0.25) is 9.69 Å². The number of aromatic nitrogens is 1. The van der Waals surface area contributed by atoms with Crippen LogP contribution in [0, 0.1) is 13.8 Å². The number of aryl methyl sites for hydroxylation is 2. The highest BCUT2D eigenvalue weighted by atomic mass is 35.5. The van der Waals surface area contributed by atoms with E-state index < -0.39 is 9.84 Å². The summed E-state index contributed by atoms with van der Waals surface area (Å²) in [5.74, 6) is -0.457. The predicted octanol–water partition coefficient (Wildman–Crippen LogP) is 4.09. The lowest BCUT2D eigenvalue weighted by molar-refractivity contribution is -0.118. The van der Waals surface area contributed by atoms with Crippen LogP contribution in [0.15, 0.2) is 47.4 Å². The first-order valence-corrected chi connectivity index (χ1v) is 12.2. The minimum absolute atomic E-state index is 0. The van der Waals surface area contributed by atoms with Gasteiger partial charge in [0.15, 0.2) is 15.0 Å². The Bertz CT molecular complexity index is 1150. The number of rotatable bonds is 8. The van der Waals surface area contributed by atoms with Crippen molar-refractivity contribution < 1.29 is 13.2 Å². The van der Waals surface area contributed by atoms with Crippen molar-refractivity contribution in [2.24, 2.45) is 0 Å². The summed E-state index contributed by atoms with van der Waals surface area (Å²) in [6.45, 7) is 5.17. The minimum Gasteiger partial charge on any atom is -0.308 e. The molecule has 1 aromatic heterocycles. The SMILES string of the molecule is Cc1cc(C)c2sc(N(CCN(C)C)C(=O)CCS(=O)(=O)c3ccccc3)nc2c1.Cl. The molecule has 0 aliphatic heterocycles. The fourth-order valence-corrected chi connectivity index (χ4v) is 5.52. The maximum absolute atomic E-state index is 13.1. The number of hydrogen-bond acceptors (Lipinski definition) is 6. The van der Waals surface area contributed by atoms with E-state index in [1.165, 1.54) is 11.3 Å². The number of benzene rings is 2. The highest BCUT2D eigenvalue weighted by Gasteiger charge is 2.23. The third kappa shape index (κ3) is 6.26. The van der Waals surface area contributed by atoms with Gasteiger partial charge in [-0.2, -0.15) is 0 Å². The number of anilines is 1. The molecule has 6 nitrogen and oxygen atoms in total. The fourth-order valence-electron chi connectivity index (χ4n) is 3.21. The summed E-state index contributed by atoms with van der Waals surface area (Å²) in [7, 11) is 0.364. The van der Waals surface area contributed by atoms with E-state index in [0.717, 1.165) is 21.3 Å². The highest BCUT2D eigenvalue weighted by Crippen LogP contribution is 2.32. The molecular formula is C22H28ClN3O3S2. The van der Waals surface area contributed by atoms with Crippen LogP contribution in [0.5, 0.6) is 0 Å². The van der Waals surface area contributed by atoms with E-state index in [9.17, 15) is 13.2 Å². The standard InChI is InChI=1S/C22H27N3O3S2.ClH/c1-16-14-17(2)21-19(15-16)23-22(29-21)25(12-11-24(3)4)20(26)10-13-30(27,28)18-8-6-5-7-9-18;/h5-9,14-15H,10-13H2,1-4H3;1H. The monoisotopic (exact) mass is 481 g/mol. The van der Waals surface area contributed by atoms with Gasteiger partial charge in [0.2, 0.25) is 5.91 Å². The second-order valence-corrected chi connectivity index (χ2v) is 10.7. The van der Waals surface area contributed by atoms with E-state index in [1.54, 1.807) is 35.2 Å². The fraction of sp³-hybridized carbons (Fsp3) is 0.364. The number of sulfone groups is 1. The van der Waals surface area contributed by atoms with Gasteiger partial charge in [-0.25, -0.2) is 13.4 Å². The third-order valence-electron chi connectivity index (χ3n) is 4.80. The molecule has 0 atom stereocenters. The molecule has 0 aliphatic rings. The topological polar surface area (TPSA) is 70.6 Å². The summed E-state index contributed by atoms with van der Waals surface area (Å²) in [6.07, 6.45) is -0.0847. The van der Waals surface area contributed by atoms with Crippen molar-refractivity contribution in [3.05, 3.63) is 53.6 Å². The van der Waals surface area contributed by atoms with Crippen molar-refractivity contribution in [2.75, 3.05) is 37.8 Å². The number of likely N-dealkylation sites (N-methyl/N-ethyl adjacent to an activating group) is 1. The number of carbonyl (C=O) groups is 1. The zero-order valence-corrected chi connectivity index (χ0v) is 20.6. The largest absolute Gasteiger partial charge is 0.308 e. The number of fused-ring (bicyclic) bond motifs is 1. The summed E-state index contributed by atoms with van der Waals surface area (Å²) in [5.41, 5.74) is 3.12. The van der Waals surface area contributed by atoms with Crippen molar-refractivity contribution in [3.63, 3.8) is 0 Å². The summed E-state index contributed by atoms with van der Waals surface area (Å²) in [5, 5.41) is 0.614. The number of thiazole rings is 1. The molecule has 9 heteroatoms. The third-order valence-corrected chi connectivity index (χ3v) is 7.76. The van der Waals surface area contributed by atoms with Gasteiger partial charge < -0.3 is 4.90 Å². The Hall–Kier alpha value is -2.00. The molecule has 0 bridgehead atoms. The van der Waals surface area contributed by atoms with Gasteiger partial charge in [0.05, 0.1) is 20.9 Å². The molecule has 0 fully saturated rings. The molecule has 0 radical (unpaired) electrons. The van der Waals surface area contributed by atoms with Crippen molar-refractivity contribution in [1.29, 1.82) is 0 Å². The van der Waals surface area contributed by atoms with Gasteiger partial charge >= 0.3 is 0 Å². The summed E-state index contributed by atoms with van der Waals surface area (Å²) in [4.78, 5) is 21.6. The normalized spacial score (nSPS) is 11.5. The van der Waals surface area contributed by atoms with E-state index in [1.807, 2.05) is 38.9 Å². The molecule has 0 spiro atoms. The first-order chi connectivity index (χ1) is 14.2. The molecule has 3 aromatic rings. The van der Waals surface area contributed by atoms with Crippen LogP contribution < -0.4 is 4.90 Å². The first-order valence-electron chi connectivity index (χ1n) is 9.78. The van der Waals surface area contributed by atoms with Gasteiger partial charge in [0.1, 0.15) is 0 Å². The summed E-state index contributed by atoms with van der Waals surface area (Å²) in [6, 6.07) is 12.4. The number of amides is 1. The highest BCUT2D eigenvalue weighted by molar-refractivity contribution is 7.91. The average molecular weight is 482 g/mol. The van der Waals surface area contributed by atoms with E-state index >= 15 is 0 Å². The Morgan fingerprint density at radius 2 is 1.74 bits per heavy atom. The van der Waals surface area contributed by atoms with E-state index in [0.29, 0.717) is 18.2 Å². The number of hydrogen-bond donors (Lipinski definition) is 0. The first kappa shape index (κ1) is 25.3.